The van der Waals surface area contributed by atoms with Gasteiger partial charge in [0, 0.05) is 0 Å². The van der Waals surface area contributed by atoms with E-state index >= 15 is 0 Å². The predicted molar refractivity (Wildman–Crippen MR) is 129 cm³/mol. The van der Waals surface area contributed by atoms with E-state index in [4.69, 9.17) is 9.47 Å². The highest BCUT2D eigenvalue weighted by atomic mass is 16.6. The molecular formula is C26H51NO4. The van der Waals surface area contributed by atoms with Crippen molar-refractivity contribution in [2.75, 3.05) is 13.2 Å². The van der Waals surface area contributed by atoms with E-state index in [1.54, 1.807) is 0 Å². The van der Waals surface area contributed by atoms with Gasteiger partial charge in [0.25, 0.3) is 0 Å². The first-order valence-corrected chi connectivity index (χ1v) is 13.0. The van der Waals surface area contributed by atoms with Gasteiger partial charge in [-0.2, -0.15) is 0 Å². The quantitative estimate of drug-likeness (QED) is 0.158. The Bertz CT molecular complexity index is 439. The molecule has 0 bridgehead atoms. The van der Waals surface area contributed by atoms with Gasteiger partial charge in [0.15, 0.2) is 0 Å². The standard InChI is InChI=1S/C26H51NO4/c1-6-8-9-10-11-12-13-14-15-16-17-18-19-20-30-25(28)24(23(5)7-2)27-26(29)31-21-22(3)4/h22-24H,6-21H2,1-5H3,(H,27,29). The highest BCUT2D eigenvalue weighted by molar-refractivity contribution is 5.81. The Morgan fingerprint density at radius 2 is 1.19 bits per heavy atom. The SMILES string of the molecule is CCCCCCCCCCCCCCCOC(=O)C(NC(=O)OCC(C)C)C(C)CC. The second kappa shape index (κ2) is 20.6. The molecule has 5 nitrogen and oxygen atoms in total. The van der Waals surface area contributed by atoms with Crippen molar-refractivity contribution in [1.82, 2.24) is 5.32 Å². The fraction of sp³-hybridized carbons (Fsp3) is 0.923. The Morgan fingerprint density at radius 3 is 1.65 bits per heavy atom. The zero-order valence-corrected chi connectivity index (χ0v) is 21.2. The number of esters is 1. The molecule has 0 saturated carbocycles. The van der Waals surface area contributed by atoms with Gasteiger partial charge in [-0.1, -0.05) is 118 Å². The number of carbonyl (C=O) groups is 2. The molecule has 0 aliphatic rings. The van der Waals surface area contributed by atoms with Crippen molar-refractivity contribution in [2.24, 2.45) is 11.8 Å². The van der Waals surface area contributed by atoms with Gasteiger partial charge in [-0.05, 0) is 18.3 Å². The van der Waals surface area contributed by atoms with Crippen molar-refractivity contribution in [3.05, 3.63) is 0 Å². The van der Waals surface area contributed by atoms with Crippen molar-refractivity contribution in [3.63, 3.8) is 0 Å². The van der Waals surface area contributed by atoms with Crippen LogP contribution in [0.15, 0.2) is 0 Å². The van der Waals surface area contributed by atoms with E-state index in [1.165, 1.54) is 70.6 Å². The third-order valence-corrected chi connectivity index (χ3v) is 5.78. The molecule has 0 rings (SSSR count). The van der Waals surface area contributed by atoms with Crippen LogP contribution in [-0.2, 0) is 14.3 Å². The second-order valence-corrected chi connectivity index (χ2v) is 9.41. The number of ether oxygens (including phenoxy) is 2. The minimum Gasteiger partial charge on any atom is -0.464 e. The smallest absolute Gasteiger partial charge is 0.407 e. The van der Waals surface area contributed by atoms with Crippen molar-refractivity contribution in [3.8, 4) is 0 Å². The van der Waals surface area contributed by atoms with Crippen LogP contribution < -0.4 is 5.32 Å². The summed E-state index contributed by atoms with van der Waals surface area (Å²) in [6, 6.07) is -0.647. The summed E-state index contributed by atoms with van der Waals surface area (Å²) in [7, 11) is 0. The van der Waals surface area contributed by atoms with Crippen LogP contribution in [0, 0.1) is 11.8 Å². The van der Waals surface area contributed by atoms with Gasteiger partial charge in [0.2, 0.25) is 0 Å². The van der Waals surface area contributed by atoms with Crippen LogP contribution in [-0.4, -0.2) is 31.3 Å². The zero-order chi connectivity index (χ0) is 23.3. The number of unbranched alkanes of at least 4 members (excludes halogenated alkanes) is 12. The Morgan fingerprint density at radius 1 is 0.710 bits per heavy atom. The van der Waals surface area contributed by atoms with Crippen molar-refractivity contribution in [1.29, 1.82) is 0 Å². The van der Waals surface area contributed by atoms with Crippen LogP contribution in [0.1, 0.15) is 125 Å². The highest BCUT2D eigenvalue weighted by Crippen LogP contribution is 2.13. The lowest BCUT2D eigenvalue weighted by Crippen LogP contribution is -2.46. The summed E-state index contributed by atoms with van der Waals surface area (Å²) in [5, 5.41) is 2.69. The number of alkyl carbamates (subject to hydrolysis) is 1. The second-order valence-electron chi connectivity index (χ2n) is 9.41. The molecular weight excluding hydrogens is 390 g/mol. The van der Waals surface area contributed by atoms with Crippen LogP contribution in [0.3, 0.4) is 0 Å². The van der Waals surface area contributed by atoms with Crippen LogP contribution >= 0.6 is 0 Å². The van der Waals surface area contributed by atoms with Crippen LogP contribution in [0.25, 0.3) is 0 Å². The van der Waals surface area contributed by atoms with Crippen molar-refractivity contribution in [2.45, 2.75) is 131 Å². The van der Waals surface area contributed by atoms with Gasteiger partial charge in [0.1, 0.15) is 6.04 Å². The first-order valence-electron chi connectivity index (χ1n) is 13.0. The number of hydrogen-bond acceptors (Lipinski definition) is 4. The fourth-order valence-electron chi connectivity index (χ4n) is 3.46. The maximum Gasteiger partial charge on any atom is 0.407 e. The number of amides is 1. The molecule has 0 spiro atoms. The van der Waals surface area contributed by atoms with Crippen molar-refractivity contribution < 1.29 is 19.1 Å². The molecule has 1 N–H and O–H groups in total. The molecule has 2 unspecified atom stereocenters. The Hall–Kier alpha value is -1.26. The molecule has 0 aromatic rings. The highest BCUT2D eigenvalue weighted by Gasteiger charge is 2.27. The van der Waals surface area contributed by atoms with Gasteiger partial charge < -0.3 is 14.8 Å². The molecule has 0 aromatic heterocycles. The summed E-state index contributed by atoms with van der Waals surface area (Å²) in [6.07, 6.45) is 17.0. The molecule has 0 saturated heterocycles. The summed E-state index contributed by atoms with van der Waals surface area (Å²) in [4.78, 5) is 24.4. The molecule has 0 radical (unpaired) electrons. The Labute approximate surface area is 192 Å². The average molecular weight is 442 g/mol. The van der Waals surface area contributed by atoms with E-state index in [-0.39, 0.29) is 17.8 Å². The molecule has 2 atom stereocenters. The maximum absolute atomic E-state index is 12.4. The molecule has 0 fully saturated rings. The van der Waals surface area contributed by atoms with Gasteiger partial charge in [0.05, 0.1) is 13.2 Å². The lowest BCUT2D eigenvalue weighted by atomic mass is 9.99. The van der Waals surface area contributed by atoms with Crippen LogP contribution in [0.4, 0.5) is 4.79 Å². The lowest BCUT2D eigenvalue weighted by Gasteiger charge is -2.22. The molecule has 0 aromatic carbocycles. The number of rotatable bonds is 20. The Balaban J connectivity index is 3.80. The lowest BCUT2D eigenvalue weighted by molar-refractivity contribution is -0.147. The van der Waals surface area contributed by atoms with Crippen LogP contribution in [0.2, 0.25) is 0 Å². The minimum atomic E-state index is -0.647. The molecule has 0 heterocycles. The summed E-state index contributed by atoms with van der Waals surface area (Å²) < 4.78 is 10.6. The summed E-state index contributed by atoms with van der Waals surface area (Å²) >= 11 is 0. The van der Waals surface area contributed by atoms with E-state index in [0.29, 0.717) is 13.2 Å². The molecule has 1 amide bonds. The fourth-order valence-corrected chi connectivity index (χ4v) is 3.46. The first-order chi connectivity index (χ1) is 14.9. The average Bonchev–Trinajstić information content (AvgIpc) is 2.75. The number of carbonyl (C=O) groups excluding carboxylic acids is 2. The molecule has 0 aliphatic carbocycles. The van der Waals surface area contributed by atoms with Gasteiger partial charge in [-0.3, -0.25) is 0 Å². The summed E-state index contributed by atoms with van der Waals surface area (Å²) in [6.45, 7) is 10.9. The van der Waals surface area contributed by atoms with Gasteiger partial charge in [-0.25, -0.2) is 9.59 Å². The number of nitrogens with one attached hydrogen (secondary N) is 1. The van der Waals surface area contributed by atoms with Crippen molar-refractivity contribution >= 4 is 12.1 Å². The Kier molecular flexibility index (Phi) is 19.8. The van der Waals surface area contributed by atoms with E-state index in [0.717, 1.165) is 19.3 Å². The zero-order valence-electron chi connectivity index (χ0n) is 21.2. The summed E-state index contributed by atoms with van der Waals surface area (Å²) in [5.74, 6) is -0.0872. The monoisotopic (exact) mass is 441 g/mol. The first kappa shape index (κ1) is 29.7. The summed E-state index contributed by atoms with van der Waals surface area (Å²) in [5.41, 5.74) is 0. The molecule has 31 heavy (non-hydrogen) atoms. The topological polar surface area (TPSA) is 64.6 Å². The van der Waals surface area contributed by atoms with E-state index in [2.05, 4.69) is 12.2 Å². The normalized spacial score (nSPS) is 13.1. The third kappa shape index (κ3) is 18.1. The van der Waals surface area contributed by atoms with Gasteiger partial charge >= 0.3 is 12.1 Å². The third-order valence-electron chi connectivity index (χ3n) is 5.78. The van der Waals surface area contributed by atoms with Gasteiger partial charge in [-0.15, -0.1) is 0 Å². The molecule has 0 aliphatic heterocycles. The van der Waals surface area contributed by atoms with Crippen LogP contribution in [0.5, 0.6) is 0 Å². The molecule has 184 valence electrons. The minimum absolute atomic E-state index is 0.00532. The predicted octanol–water partition coefficient (Wildman–Crippen LogP) is 7.42. The van der Waals surface area contributed by atoms with E-state index < -0.39 is 12.1 Å². The van der Waals surface area contributed by atoms with E-state index in [1.807, 2.05) is 27.7 Å². The molecule has 5 heteroatoms. The number of hydrogen-bond donors (Lipinski definition) is 1. The maximum atomic E-state index is 12.4. The van der Waals surface area contributed by atoms with E-state index in [9.17, 15) is 9.59 Å². The largest absolute Gasteiger partial charge is 0.464 e.